The third kappa shape index (κ3) is 4.47. The molecule has 2 heterocycles. The first-order valence-electron chi connectivity index (χ1n) is 10.9. The number of nitrogens with zero attached hydrogens (tertiary/aromatic N) is 4. The third-order valence-electron chi connectivity index (χ3n) is 5.70. The standard InChI is InChI=1S/C26H28N6O2/c1-15-6-9-18(24(27)31-34)12-19(15)20-10-11-23-28-22(14-32(23)30-20)17-8-7-16(2)21(13-17)29-25(33)26(3,4)5/h6-14,34H,1-5H3,(H2,27,31)(H,29,33). The molecule has 2 aromatic carbocycles. The van der Waals surface area contributed by atoms with E-state index in [-0.39, 0.29) is 11.7 Å². The van der Waals surface area contributed by atoms with Gasteiger partial charge in [-0.1, -0.05) is 50.2 Å². The number of nitrogens with one attached hydrogen (secondary N) is 1. The van der Waals surface area contributed by atoms with Crippen molar-refractivity contribution in [2.24, 2.45) is 16.3 Å². The highest BCUT2D eigenvalue weighted by Crippen LogP contribution is 2.28. The van der Waals surface area contributed by atoms with Crippen molar-refractivity contribution in [1.29, 1.82) is 0 Å². The molecule has 0 spiro atoms. The molecule has 1 amide bonds. The quantitative estimate of drug-likeness (QED) is 0.177. The maximum Gasteiger partial charge on any atom is 0.229 e. The van der Waals surface area contributed by atoms with E-state index in [1.165, 1.54) is 0 Å². The van der Waals surface area contributed by atoms with Crippen molar-refractivity contribution in [2.75, 3.05) is 5.32 Å². The molecule has 0 fully saturated rings. The lowest BCUT2D eigenvalue weighted by atomic mass is 9.95. The fourth-order valence-electron chi connectivity index (χ4n) is 3.51. The third-order valence-corrected chi connectivity index (χ3v) is 5.70. The molecule has 0 aliphatic carbocycles. The molecule has 0 unspecified atom stereocenters. The number of amidine groups is 1. The van der Waals surface area contributed by atoms with E-state index < -0.39 is 5.41 Å². The van der Waals surface area contributed by atoms with E-state index >= 15 is 0 Å². The number of nitrogens with two attached hydrogens (primary N) is 1. The van der Waals surface area contributed by atoms with Gasteiger partial charge in [0.2, 0.25) is 5.91 Å². The summed E-state index contributed by atoms with van der Waals surface area (Å²) in [5.74, 6) is -0.000452. The van der Waals surface area contributed by atoms with Crippen molar-refractivity contribution in [3.05, 3.63) is 71.4 Å². The Morgan fingerprint density at radius 3 is 2.47 bits per heavy atom. The first-order valence-corrected chi connectivity index (χ1v) is 10.9. The van der Waals surface area contributed by atoms with Crippen LogP contribution >= 0.6 is 0 Å². The Kier molecular flexibility index (Phi) is 5.83. The fraction of sp³-hybridized carbons (Fsp3) is 0.231. The summed E-state index contributed by atoms with van der Waals surface area (Å²) in [5, 5.41) is 19.9. The molecule has 4 aromatic rings. The average Bonchev–Trinajstić information content (AvgIpc) is 3.23. The maximum atomic E-state index is 12.5. The van der Waals surface area contributed by atoms with Crippen LogP contribution in [0.3, 0.4) is 0 Å². The Morgan fingerprint density at radius 1 is 1.03 bits per heavy atom. The van der Waals surface area contributed by atoms with E-state index in [0.29, 0.717) is 11.2 Å². The van der Waals surface area contributed by atoms with E-state index in [1.54, 1.807) is 10.6 Å². The lowest BCUT2D eigenvalue weighted by molar-refractivity contribution is -0.123. The predicted molar refractivity (Wildman–Crippen MR) is 134 cm³/mol. The molecule has 2 aromatic heterocycles. The van der Waals surface area contributed by atoms with Gasteiger partial charge in [-0.2, -0.15) is 5.10 Å². The highest BCUT2D eigenvalue weighted by atomic mass is 16.4. The molecule has 0 saturated carbocycles. The molecule has 0 atom stereocenters. The van der Waals surface area contributed by atoms with Gasteiger partial charge >= 0.3 is 0 Å². The summed E-state index contributed by atoms with van der Waals surface area (Å²) in [6.07, 6.45) is 1.86. The molecule has 34 heavy (non-hydrogen) atoms. The van der Waals surface area contributed by atoms with Gasteiger partial charge in [0.15, 0.2) is 11.5 Å². The van der Waals surface area contributed by atoms with E-state index in [2.05, 4.69) is 10.5 Å². The summed E-state index contributed by atoms with van der Waals surface area (Å²) in [6.45, 7) is 9.60. The van der Waals surface area contributed by atoms with Crippen LogP contribution in [0.5, 0.6) is 0 Å². The minimum absolute atomic E-state index is 0.0426. The van der Waals surface area contributed by atoms with Crippen LogP contribution < -0.4 is 11.1 Å². The predicted octanol–water partition coefficient (Wildman–Crippen LogP) is 4.76. The molecule has 4 rings (SSSR count). The highest BCUT2D eigenvalue weighted by Gasteiger charge is 2.22. The zero-order valence-corrected chi connectivity index (χ0v) is 19.9. The molecule has 0 saturated heterocycles. The molecule has 8 nitrogen and oxygen atoms in total. The first kappa shape index (κ1) is 23.0. The number of rotatable bonds is 4. The molecule has 4 N–H and O–H groups in total. The second-order valence-corrected chi connectivity index (χ2v) is 9.40. The van der Waals surface area contributed by atoms with Crippen molar-refractivity contribution >= 4 is 23.1 Å². The van der Waals surface area contributed by atoms with Crippen LogP contribution in [0.4, 0.5) is 5.69 Å². The number of anilines is 1. The summed E-state index contributed by atoms with van der Waals surface area (Å²) in [5.41, 5.74) is 12.6. The van der Waals surface area contributed by atoms with Gasteiger partial charge in [0.05, 0.1) is 17.6 Å². The van der Waals surface area contributed by atoms with Crippen molar-refractivity contribution in [2.45, 2.75) is 34.6 Å². The first-order chi connectivity index (χ1) is 16.1. The Morgan fingerprint density at radius 2 is 1.76 bits per heavy atom. The number of amides is 1. The van der Waals surface area contributed by atoms with Crippen LogP contribution in [0, 0.1) is 19.3 Å². The Balaban J connectivity index is 1.72. The molecule has 0 aliphatic rings. The maximum absolute atomic E-state index is 12.5. The minimum Gasteiger partial charge on any atom is -0.409 e. The van der Waals surface area contributed by atoms with Crippen LogP contribution in [0.1, 0.15) is 37.5 Å². The highest BCUT2D eigenvalue weighted by molar-refractivity contribution is 5.98. The SMILES string of the molecule is Cc1ccc(-c2cn3nc(-c4cc(C(N)=NO)ccc4C)ccc3n2)cc1NC(=O)C(C)(C)C. The number of oxime groups is 1. The molecule has 8 heteroatoms. The number of benzene rings is 2. The number of fused-ring (bicyclic) bond motifs is 1. The van der Waals surface area contributed by atoms with Crippen molar-refractivity contribution in [1.82, 2.24) is 14.6 Å². The van der Waals surface area contributed by atoms with Gasteiger partial charge in [-0.15, -0.1) is 0 Å². The van der Waals surface area contributed by atoms with Crippen molar-refractivity contribution in [3.8, 4) is 22.5 Å². The molecule has 0 aliphatic heterocycles. The van der Waals surface area contributed by atoms with E-state index in [1.807, 2.05) is 83.3 Å². The summed E-state index contributed by atoms with van der Waals surface area (Å²) < 4.78 is 1.73. The van der Waals surface area contributed by atoms with Crippen LogP contribution in [-0.4, -0.2) is 31.5 Å². The molecule has 0 bridgehead atoms. The van der Waals surface area contributed by atoms with Crippen LogP contribution in [-0.2, 0) is 4.79 Å². The van der Waals surface area contributed by atoms with Crippen molar-refractivity contribution < 1.29 is 10.0 Å². The Hall–Kier alpha value is -4.20. The monoisotopic (exact) mass is 456 g/mol. The zero-order valence-electron chi connectivity index (χ0n) is 19.9. The lowest BCUT2D eigenvalue weighted by Gasteiger charge is -2.19. The van der Waals surface area contributed by atoms with Crippen LogP contribution in [0.2, 0.25) is 0 Å². The normalized spacial score (nSPS) is 12.2. The van der Waals surface area contributed by atoms with Gasteiger partial charge in [0.25, 0.3) is 0 Å². The fourth-order valence-corrected chi connectivity index (χ4v) is 3.51. The number of imidazole rings is 1. The number of carbonyl (C=O) groups excluding carboxylic acids is 1. The largest absolute Gasteiger partial charge is 0.409 e. The number of hydrogen-bond donors (Lipinski definition) is 3. The van der Waals surface area contributed by atoms with E-state index in [4.69, 9.17) is 21.0 Å². The summed E-state index contributed by atoms with van der Waals surface area (Å²) in [7, 11) is 0. The number of aromatic nitrogens is 3. The van der Waals surface area contributed by atoms with Gasteiger partial charge in [0, 0.05) is 27.8 Å². The molecule has 174 valence electrons. The smallest absolute Gasteiger partial charge is 0.229 e. The summed E-state index contributed by atoms with van der Waals surface area (Å²) in [6, 6.07) is 15.2. The topological polar surface area (TPSA) is 118 Å². The number of hydrogen-bond acceptors (Lipinski definition) is 5. The molecular weight excluding hydrogens is 428 g/mol. The average molecular weight is 457 g/mol. The van der Waals surface area contributed by atoms with E-state index in [0.717, 1.165) is 39.3 Å². The van der Waals surface area contributed by atoms with Crippen molar-refractivity contribution in [3.63, 3.8) is 0 Å². The van der Waals surface area contributed by atoms with E-state index in [9.17, 15) is 4.79 Å². The van der Waals surface area contributed by atoms with Gasteiger partial charge in [0.1, 0.15) is 0 Å². The van der Waals surface area contributed by atoms with Gasteiger partial charge < -0.3 is 16.3 Å². The number of aryl methyl sites for hydroxylation is 2. The molecule has 0 radical (unpaired) electrons. The Bertz CT molecular complexity index is 1430. The lowest BCUT2D eigenvalue weighted by Crippen LogP contribution is -2.27. The second kappa shape index (κ2) is 8.62. The van der Waals surface area contributed by atoms with Gasteiger partial charge in [-0.05, 0) is 49.2 Å². The Labute approximate surface area is 198 Å². The zero-order chi connectivity index (χ0) is 24.6. The minimum atomic E-state index is -0.491. The molecular formula is C26H28N6O2. The second-order valence-electron chi connectivity index (χ2n) is 9.40. The number of carbonyl (C=O) groups is 1. The van der Waals surface area contributed by atoms with Gasteiger partial charge in [-0.3, -0.25) is 4.79 Å². The summed E-state index contributed by atoms with van der Waals surface area (Å²) >= 11 is 0. The van der Waals surface area contributed by atoms with Crippen LogP contribution in [0.25, 0.3) is 28.2 Å². The van der Waals surface area contributed by atoms with Gasteiger partial charge in [-0.25, -0.2) is 9.50 Å². The van der Waals surface area contributed by atoms with Crippen LogP contribution in [0.15, 0.2) is 59.9 Å². The summed E-state index contributed by atoms with van der Waals surface area (Å²) in [4.78, 5) is 17.2.